The number of hydrogen-bond donors (Lipinski definition) is 1. The molecule has 1 aliphatic carbocycles. The highest BCUT2D eigenvalue weighted by atomic mass is 16.5. The number of nitrogens with zero attached hydrogens (tertiary/aromatic N) is 2. The van der Waals surface area contributed by atoms with Gasteiger partial charge in [-0.2, -0.15) is 0 Å². The van der Waals surface area contributed by atoms with Crippen molar-refractivity contribution < 1.29 is 18.7 Å². The number of nitrogens with one attached hydrogen (secondary N) is 1. The Bertz CT molecular complexity index is 1100. The maximum atomic E-state index is 12.4. The van der Waals surface area contributed by atoms with Crippen LogP contribution in [0, 0.1) is 0 Å². The van der Waals surface area contributed by atoms with Crippen molar-refractivity contribution in [3.05, 3.63) is 60.1 Å². The van der Waals surface area contributed by atoms with Crippen LogP contribution in [-0.2, 0) is 6.54 Å². The van der Waals surface area contributed by atoms with Gasteiger partial charge in [0.15, 0.2) is 17.1 Å². The van der Waals surface area contributed by atoms with E-state index in [4.69, 9.17) is 13.9 Å². The van der Waals surface area contributed by atoms with Crippen molar-refractivity contribution in [3.8, 4) is 11.5 Å². The van der Waals surface area contributed by atoms with Crippen molar-refractivity contribution in [3.63, 3.8) is 0 Å². The summed E-state index contributed by atoms with van der Waals surface area (Å²) in [6.45, 7) is 0.698. The van der Waals surface area contributed by atoms with Gasteiger partial charge in [0, 0.05) is 12.7 Å². The van der Waals surface area contributed by atoms with Crippen LogP contribution >= 0.6 is 0 Å². The van der Waals surface area contributed by atoms with Crippen LogP contribution in [0.15, 0.2) is 53.1 Å². The number of methoxy groups -OCH3 is 1. The molecule has 1 fully saturated rings. The summed E-state index contributed by atoms with van der Waals surface area (Å²) in [5, 5.41) is 2.93. The van der Waals surface area contributed by atoms with Crippen molar-refractivity contribution in [1.82, 2.24) is 15.2 Å². The molecule has 1 aliphatic heterocycles. The first-order valence-corrected chi connectivity index (χ1v) is 10.6. The molecule has 2 aromatic carbocycles. The third kappa shape index (κ3) is 4.08. The number of urea groups is 1. The fourth-order valence-electron chi connectivity index (χ4n) is 4.15. The summed E-state index contributed by atoms with van der Waals surface area (Å²) in [6.07, 6.45) is 6.65. The Kier molecular flexibility index (Phi) is 5.24. The first-order chi connectivity index (χ1) is 15.2. The van der Waals surface area contributed by atoms with E-state index in [1.807, 2.05) is 48.7 Å². The van der Waals surface area contributed by atoms with E-state index >= 15 is 0 Å². The Morgan fingerprint density at radius 2 is 2.00 bits per heavy atom. The largest absolute Gasteiger partial charge is 0.493 e. The van der Waals surface area contributed by atoms with Crippen LogP contribution in [0.2, 0.25) is 0 Å². The topological polar surface area (TPSA) is 76.8 Å². The molecule has 0 bridgehead atoms. The van der Waals surface area contributed by atoms with Gasteiger partial charge in [0.1, 0.15) is 12.1 Å². The van der Waals surface area contributed by atoms with Crippen LogP contribution in [0.5, 0.6) is 11.5 Å². The van der Waals surface area contributed by atoms with Crippen LogP contribution in [0.3, 0.4) is 0 Å². The molecular formula is C24H25N3O4. The minimum atomic E-state index is -0.179. The van der Waals surface area contributed by atoms with E-state index in [0.29, 0.717) is 18.0 Å². The molecule has 1 N–H and O–H groups in total. The molecule has 160 valence electrons. The summed E-state index contributed by atoms with van der Waals surface area (Å²) >= 11 is 0. The number of hydrogen-bond acceptors (Lipinski definition) is 5. The number of fused-ring (bicyclic) bond motifs is 1. The molecule has 2 aliphatic rings. The van der Waals surface area contributed by atoms with E-state index in [1.54, 1.807) is 12.0 Å². The lowest BCUT2D eigenvalue weighted by Gasteiger charge is -2.25. The van der Waals surface area contributed by atoms with E-state index in [0.717, 1.165) is 41.0 Å². The second-order valence-electron chi connectivity index (χ2n) is 7.91. The monoisotopic (exact) mass is 419 g/mol. The SMILES string of the molecule is COc1ccc(C2=CN(Cc3nc4ccccc4o3)C(=O)NC2)cc1OC1CCCC1. The summed E-state index contributed by atoms with van der Waals surface area (Å²) in [4.78, 5) is 18.5. The Labute approximate surface area is 180 Å². The third-order valence-corrected chi connectivity index (χ3v) is 5.78. The number of amides is 2. The number of benzene rings is 2. The predicted molar refractivity (Wildman–Crippen MR) is 117 cm³/mol. The summed E-state index contributed by atoms with van der Waals surface area (Å²) in [5.74, 6) is 1.96. The number of aromatic nitrogens is 1. The van der Waals surface area contributed by atoms with E-state index in [9.17, 15) is 4.79 Å². The zero-order valence-corrected chi connectivity index (χ0v) is 17.5. The Hall–Kier alpha value is -3.48. The molecular weight excluding hydrogens is 394 g/mol. The van der Waals surface area contributed by atoms with Crippen molar-refractivity contribution >= 4 is 22.7 Å². The first kappa shape index (κ1) is 19.5. The molecule has 0 spiro atoms. The van der Waals surface area contributed by atoms with E-state index < -0.39 is 0 Å². The molecule has 5 rings (SSSR count). The predicted octanol–water partition coefficient (Wildman–Crippen LogP) is 4.72. The summed E-state index contributed by atoms with van der Waals surface area (Å²) < 4.78 is 17.5. The summed E-state index contributed by atoms with van der Waals surface area (Å²) in [5.41, 5.74) is 3.46. The Morgan fingerprint density at radius 1 is 1.16 bits per heavy atom. The van der Waals surface area contributed by atoms with Gasteiger partial charge in [0.2, 0.25) is 5.89 Å². The van der Waals surface area contributed by atoms with Crippen LogP contribution in [0.4, 0.5) is 4.79 Å². The van der Waals surface area contributed by atoms with Crippen LogP contribution in [0.25, 0.3) is 16.7 Å². The van der Waals surface area contributed by atoms with Gasteiger partial charge in [-0.05, 0) is 61.1 Å². The number of para-hydroxylation sites is 2. The van der Waals surface area contributed by atoms with Gasteiger partial charge < -0.3 is 19.2 Å². The van der Waals surface area contributed by atoms with Gasteiger partial charge in [0.05, 0.1) is 13.2 Å². The average Bonchev–Trinajstić information content (AvgIpc) is 3.44. The molecule has 2 amide bonds. The molecule has 0 atom stereocenters. The van der Waals surface area contributed by atoms with Crippen LogP contribution < -0.4 is 14.8 Å². The minimum Gasteiger partial charge on any atom is -0.493 e. The molecule has 7 nitrogen and oxygen atoms in total. The number of carbonyl (C=O) groups excluding carboxylic acids is 1. The molecule has 7 heteroatoms. The molecule has 0 radical (unpaired) electrons. The van der Waals surface area contributed by atoms with Crippen molar-refractivity contribution in [2.75, 3.05) is 13.7 Å². The fourth-order valence-corrected chi connectivity index (χ4v) is 4.15. The van der Waals surface area contributed by atoms with Gasteiger partial charge in [-0.3, -0.25) is 4.90 Å². The Morgan fingerprint density at radius 3 is 2.81 bits per heavy atom. The lowest BCUT2D eigenvalue weighted by atomic mass is 10.0. The second-order valence-corrected chi connectivity index (χ2v) is 7.91. The third-order valence-electron chi connectivity index (χ3n) is 5.78. The van der Waals surface area contributed by atoms with E-state index in [2.05, 4.69) is 10.3 Å². The summed E-state index contributed by atoms with van der Waals surface area (Å²) in [6, 6.07) is 13.3. The van der Waals surface area contributed by atoms with Gasteiger partial charge in [-0.15, -0.1) is 0 Å². The summed E-state index contributed by atoms with van der Waals surface area (Å²) in [7, 11) is 1.65. The minimum absolute atomic E-state index is 0.179. The quantitative estimate of drug-likeness (QED) is 0.625. The number of ether oxygens (including phenoxy) is 2. The number of carbonyl (C=O) groups is 1. The van der Waals surface area contributed by atoms with Gasteiger partial charge in [-0.25, -0.2) is 9.78 Å². The standard InChI is InChI=1S/C24H25N3O4/c1-29-21-11-10-16(12-22(21)30-18-6-2-3-7-18)17-13-25-24(28)27(14-17)15-23-26-19-8-4-5-9-20(19)31-23/h4-5,8-12,14,18H,2-3,6-7,13,15H2,1H3,(H,25,28). The van der Waals surface area contributed by atoms with Gasteiger partial charge >= 0.3 is 6.03 Å². The second kappa shape index (κ2) is 8.34. The maximum absolute atomic E-state index is 12.4. The van der Waals surface area contributed by atoms with Gasteiger partial charge in [0.25, 0.3) is 0 Å². The van der Waals surface area contributed by atoms with Crippen molar-refractivity contribution in [2.24, 2.45) is 0 Å². The lowest BCUT2D eigenvalue weighted by molar-refractivity contribution is 0.200. The molecule has 2 heterocycles. The molecule has 31 heavy (non-hydrogen) atoms. The van der Waals surface area contributed by atoms with Crippen molar-refractivity contribution in [1.29, 1.82) is 0 Å². The molecule has 3 aromatic rings. The smallest absolute Gasteiger partial charge is 0.322 e. The molecule has 1 aromatic heterocycles. The lowest BCUT2D eigenvalue weighted by Crippen LogP contribution is -2.41. The highest BCUT2D eigenvalue weighted by molar-refractivity contribution is 5.84. The zero-order chi connectivity index (χ0) is 21.2. The highest BCUT2D eigenvalue weighted by Crippen LogP contribution is 2.34. The molecule has 0 unspecified atom stereocenters. The molecule has 1 saturated carbocycles. The molecule has 0 saturated heterocycles. The zero-order valence-electron chi connectivity index (χ0n) is 17.5. The van der Waals surface area contributed by atoms with Crippen LogP contribution in [0.1, 0.15) is 37.1 Å². The van der Waals surface area contributed by atoms with E-state index in [1.165, 1.54) is 12.8 Å². The van der Waals surface area contributed by atoms with Gasteiger partial charge in [-0.1, -0.05) is 18.2 Å². The normalized spacial score (nSPS) is 17.0. The maximum Gasteiger partial charge on any atom is 0.322 e. The first-order valence-electron chi connectivity index (χ1n) is 10.6. The van der Waals surface area contributed by atoms with Crippen LogP contribution in [-0.4, -0.2) is 35.7 Å². The fraction of sp³-hybridized carbons (Fsp3) is 0.333. The Balaban J connectivity index is 1.40. The van der Waals surface area contributed by atoms with Crippen molar-refractivity contribution in [2.45, 2.75) is 38.3 Å². The number of rotatable bonds is 6. The number of oxazole rings is 1. The average molecular weight is 419 g/mol. The highest BCUT2D eigenvalue weighted by Gasteiger charge is 2.23. The van der Waals surface area contributed by atoms with E-state index in [-0.39, 0.29) is 18.7 Å².